The van der Waals surface area contributed by atoms with Crippen LogP contribution in [0.5, 0.6) is 0 Å². The first-order valence-electron chi connectivity index (χ1n) is 4.68. The van der Waals surface area contributed by atoms with E-state index in [2.05, 4.69) is 36.3 Å². The number of anilines is 1. The highest BCUT2D eigenvalue weighted by Gasteiger charge is 2.10. The molecule has 17 heavy (non-hydrogen) atoms. The molecule has 7 nitrogen and oxygen atoms in total. The number of nitrogens with one attached hydrogen (secondary N) is 1. The minimum Gasteiger partial charge on any atom is -0.364 e. The molecular weight excluding hydrogens is 288 g/mol. The van der Waals surface area contributed by atoms with Gasteiger partial charge in [0, 0.05) is 19.4 Å². The smallest absolute Gasteiger partial charge is 0.269 e. The van der Waals surface area contributed by atoms with Crippen molar-refractivity contribution < 1.29 is 4.79 Å². The Kier molecular flexibility index (Phi) is 3.05. The van der Waals surface area contributed by atoms with Crippen molar-refractivity contribution in [2.75, 3.05) is 12.4 Å². The summed E-state index contributed by atoms with van der Waals surface area (Å²) < 4.78 is 2.11. The van der Waals surface area contributed by atoms with Crippen LogP contribution in [0.25, 0.3) is 5.82 Å². The number of halogens is 1. The van der Waals surface area contributed by atoms with Crippen LogP contribution in [0.4, 0.5) is 5.95 Å². The first kappa shape index (κ1) is 11.5. The third-order valence-electron chi connectivity index (χ3n) is 2.01. The van der Waals surface area contributed by atoms with Crippen LogP contribution in [-0.4, -0.2) is 32.7 Å². The summed E-state index contributed by atoms with van der Waals surface area (Å²) in [4.78, 5) is 19.2. The summed E-state index contributed by atoms with van der Waals surface area (Å²) in [6.07, 6.45) is 3.20. The summed E-state index contributed by atoms with van der Waals surface area (Å²) in [5, 5.41) is 6.83. The Morgan fingerprint density at radius 1 is 1.59 bits per heavy atom. The Balaban J connectivity index is 2.47. The predicted octanol–water partition coefficient (Wildman–Crippen LogP) is 0.565. The van der Waals surface area contributed by atoms with Gasteiger partial charge in [0.15, 0.2) is 5.82 Å². The minimum atomic E-state index is -0.581. The minimum absolute atomic E-state index is 0.182. The molecule has 0 saturated carbocycles. The fraction of sp³-hybridized carbons (Fsp3) is 0.111. The molecule has 0 spiro atoms. The van der Waals surface area contributed by atoms with Crippen LogP contribution in [-0.2, 0) is 0 Å². The molecule has 0 unspecified atom stereocenters. The average Bonchev–Trinajstić information content (AvgIpc) is 2.79. The highest BCUT2D eigenvalue weighted by atomic mass is 79.9. The summed E-state index contributed by atoms with van der Waals surface area (Å²) in [5.74, 6) is 0.402. The molecule has 0 atom stereocenters. The second kappa shape index (κ2) is 4.50. The molecule has 0 radical (unpaired) electrons. The van der Waals surface area contributed by atoms with Crippen LogP contribution in [0.2, 0.25) is 0 Å². The molecule has 2 aromatic heterocycles. The van der Waals surface area contributed by atoms with Crippen molar-refractivity contribution in [1.29, 1.82) is 0 Å². The number of aromatic nitrogens is 4. The molecule has 8 heteroatoms. The quantitative estimate of drug-likeness (QED) is 0.862. The third kappa shape index (κ3) is 2.26. The monoisotopic (exact) mass is 296 g/mol. The molecule has 0 saturated heterocycles. The molecule has 88 valence electrons. The molecule has 0 aromatic carbocycles. The second-order valence-electron chi connectivity index (χ2n) is 3.12. The zero-order chi connectivity index (χ0) is 12.4. The Bertz CT molecular complexity index is 566. The van der Waals surface area contributed by atoms with Gasteiger partial charge in [0.2, 0.25) is 5.95 Å². The standard InChI is InChI=1S/C9H9BrN6O/c1-12-9-13-4-5(10)8(14-9)16-3-2-6(15-16)7(11)17/h2-4H,1H3,(H2,11,17)(H,12,13,14). The molecule has 2 heterocycles. The van der Waals surface area contributed by atoms with Crippen LogP contribution >= 0.6 is 15.9 Å². The van der Waals surface area contributed by atoms with E-state index in [1.54, 1.807) is 19.4 Å². The maximum atomic E-state index is 10.9. The van der Waals surface area contributed by atoms with Crippen molar-refractivity contribution in [2.45, 2.75) is 0 Å². The summed E-state index contributed by atoms with van der Waals surface area (Å²) in [5.41, 5.74) is 5.31. The van der Waals surface area contributed by atoms with E-state index in [1.807, 2.05) is 0 Å². The Morgan fingerprint density at radius 2 is 2.35 bits per heavy atom. The highest BCUT2D eigenvalue weighted by Crippen LogP contribution is 2.18. The topological polar surface area (TPSA) is 98.7 Å². The molecule has 0 fully saturated rings. The molecule has 0 aliphatic heterocycles. The van der Waals surface area contributed by atoms with E-state index in [1.165, 1.54) is 10.7 Å². The van der Waals surface area contributed by atoms with E-state index in [0.29, 0.717) is 16.2 Å². The number of hydrogen-bond donors (Lipinski definition) is 2. The molecule has 0 aliphatic rings. The van der Waals surface area contributed by atoms with E-state index in [4.69, 9.17) is 5.73 Å². The summed E-state index contributed by atoms with van der Waals surface area (Å²) in [6, 6.07) is 1.52. The second-order valence-corrected chi connectivity index (χ2v) is 3.98. The van der Waals surface area contributed by atoms with Crippen LogP contribution in [0.3, 0.4) is 0 Å². The van der Waals surface area contributed by atoms with E-state index < -0.39 is 5.91 Å². The van der Waals surface area contributed by atoms with Crippen molar-refractivity contribution >= 4 is 27.8 Å². The van der Waals surface area contributed by atoms with Gasteiger partial charge in [-0.2, -0.15) is 10.1 Å². The summed E-state index contributed by atoms with van der Waals surface area (Å²) >= 11 is 3.31. The lowest BCUT2D eigenvalue weighted by atomic mass is 10.4. The maximum Gasteiger partial charge on any atom is 0.269 e. The molecule has 3 N–H and O–H groups in total. The van der Waals surface area contributed by atoms with Gasteiger partial charge in [0.1, 0.15) is 5.69 Å². The van der Waals surface area contributed by atoms with Crippen LogP contribution in [0.1, 0.15) is 10.5 Å². The van der Waals surface area contributed by atoms with Crippen molar-refractivity contribution in [1.82, 2.24) is 19.7 Å². The number of hydrogen-bond acceptors (Lipinski definition) is 5. The van der Waals surface area contributed by atoms with Crippen molar-refractivity contribution in [3.8, 4) is 5.82 Å². The molecule has 2 rings (SSSR count). The van der Waals surface area contributed by atoms with Gasteiger partial charge in [0.05, 0.1) is 4.47 Å². The Morgan fingerprint density at radius 3 is 2.94 bits per heavy atom. The van der Waals surface area contributed by atoms with E-state index >= 15 is 0 Å². The Labute approximate surface area is 105 Å². The van der Waals surface area contributed by atoms with Gasteiger partial charge in [-0.05, 0) is 22.0 Å². The lowest BCUT2D eigenvalue weighted by molar-refractivity contribution is 0.0995. The van der Waals surface area contributed by atoms with Gasteiger partial charge < -0.3 is 11.1 Å². The number of primary amides is 1. The first-order chi connectivity index (χ1) is 8.11. The van der Waals surface area contributed by atoms with Gasteiger partial charge in [-0.3, -0.25) is 4.79 Å². The number of nitrogens with zero attached hydrogens (tertiary/aromatic N) is 4. The molecule has 0 aliphatic carbocycles. The van der Waals surface area contributed by atoms with Crippen LogP contribution in [0.15, 0.2) is 22.9 Å². The van der Waals surface area contributed by atoms with E-state index in [9.17, 15) is 4.79 Å². The summed E-state index contributed by atoms with van der Waals surface area (Å²) in [6.45, 7) is 0. The summed E-state index contributed by atoms with van der Waals surface area (Å²) in [7, 11) is 1.71. The zero-order valence-corrected chi connectivity index (χ0v) is 10.5. The van der Waals surface area contributed by atoms with Gasteiger partial charge in [-0.15, -0.1) is 0 Å². The molecule has 1 amide bonds. The largest absolute Gasteiger partial charge is 0.364 e. The van der Waals surface area contributed by atoms with Gasteiger partial charge in [0.25, 0.3) is 5.91 Å². The highest BCUT2D eigenvalue weighted by molar-refractivity contribution is 9.10. The number of carbonyl (C=O) groups is 1. The normalized spacial score (nSPS) is 10.2. The lowest BCUT2D eigenvalue weighted by Gasteiger charge is -2.05. The Hall–Kier alpha value is -1.96. The van der Waals surface area contributed by atoms with Gasteiger partial charge in [-0.1, -0.05) is 0 Å². The SMILES string of the molecule is CNc1ncc(Br)c(-n2ccc(C(N)=O)n2)n1. The van der Waals surface area contributed by atoms with E-state index in [-0.39, 0.29) is 5.69 Å². The van der Waals surface area contributed by atoms with Crippen molar-refractivity contribution in [3.05, 3.63) is 28.6 Å². The lowest BCUT2D eigenvalue weighted by Crippen LogP contribution is -2.12. The molecular formula is C9H9BrN6O. The number of carbonyl (C=O) groups excluding carboxylic acids is 1. The molecule has 0 bridgehead atoms. The van der Waals surface area contributed by atoms with Crippen LogP contribution in [0, 0.1) is 0 Å². The fourth-order valence-corrected chi connectivity index (χ4v) is 1.59. The number of nitrogens with two attached hydrogens (primary N) is 1. The predicted molar refractivity (Wildman–Crippen MR) is 64.9 cm³/mol. The zero-order valence-electron chi connectivity index (χ0n) is 8.88. The maximum absolute atomic E-state index is 10.9. The van der Waals surface area contributed by atoms with Gasteiger partial charge in [-0.25, -0.2) is 9.67 Å². The van der Waals surface area contributed by atoms with Crippen molar-refractivity contribution in [2.24, 2.45) is 5.73 Å². The average molecular weight is 297 g/mol. The van der Waals surface area contributed by atoms with E-state index in [0.717, 1.165) is 0 Å². The van der Waals surface area contributed by atoms with Crippen LogP contribution < -0.4 is 11.1 Å². The van der Waals surface area contributed by atoms with Crippen molar-refractivity contribution in [3.63, 3.8) is 0 Å². The fourth-order valence-electron chi connectivity index (χ4n) is 1.21. The third-order valence-corrected chi connectivity index (χ3v) is 2.57. The number of amides is 1. The van der Waals surface area contributed by atoms with Gasteiger partial charge >= 0.3 is 0 Å². The first-order valence-corrected chi connectivity index (χ1v) is 5.47. The number of rotatable bonds is 3. The molecule has 2 aromatic rings.